The van der Waals surface area contributed by atoms with E-state index in [9.17, 15) is 13.2 Å². The molecule has 30 heavy (non-hydrogen) atoms. The number of halogens is 4. The summed E-state index contributed by atoms with van der Waals surface area (Å²) in [6.07, 6.45) is -3.77. The van der Waals surface area contributed by atoms with E-state index in [0.717, 1.165) is 34.7 Å². The molecular formula is C23H18ClF3N2O. The molecule has 154 valence electrons. The van der Waals surface area contributed by atoms with Gasteiger partial charge in [-0.2, -0.15) is 18.3 Å². The summed E-state index contributed by atoms with van der Waals surface area (Å²) in [6, 6.07) is 19.9. The molecule has 3 nitrogen and oxygen atoms in total. The summed E-state index contributed by atoms with van der Waals surface area (Å²) >= 11 is 6.02. The van der Waals surface area contributed by atoms with Gasteiger partial charge in [-0.05, 0) is 71.8 Å². The second-order valence-electron chi connectivity index (χ2n) is 6.94. The van der Waals surface area contributed by atoms with Crippen molar-refractivity contribution in [1.29, 1.82) is 0 Å². The Morgan fingerprint density at radius 1 is 0.933 bits per heavy atom. The highest BCUT2D eigenvalue weighted by molar-refractivity contribution is 6.30. The van der Waals surface area contributed by atoms with E-state index in [1.54, 1.807) is 24.3 Å². The predicted octanol–water partition coefficient (Wildman–Crippen LogP) is 6.72. The van der Waals surface area contributed by atoms with Crippen molar-refractivity contribution in [2.75, 3.05) is 12.1 Å². The number of nitrogens with zero attached hydrogens (tertiary/aromatic N) is 2. The van der Waals surface area contributed by atoms with E-state index in [1.807, 2.05) is 36.4 Å². The average Bonchev–Trinajstić information content (AvgIpc) is 3.19. The first-order chi connectivity index (χ1) is 14.3. The summed E-state index contributed by atoms with van der Waals surface area (Å²) in [5, 5.41) is 7.14. The maximum Gasteiger partial charge on any atom is 0.416 e. The van der Waals surface area contributed by atoms with Gasteiger partial charge in [0.1, 0.15) is 5.75 Å². The van der Waals surface area contributed by atoms with Crippen LogP contribution in [0.2, 0.25) is 5.02 Å². The molecule has 0 saturated heterocycles. The van der Waals surface area contributed by atoms with Crippen molar-refractivity contribution in [3.63, 3.8) is 0 Å². The van der Waals surface area contributed by atoms with Crippen LogP contribution in [0, 0.1) is 0 Å². The number of hydrazone groups is 1. The summed E-state index contributed by atoms with van der Waals surface area (Å²) in [5.74, 6) is 0.742. The van der Waals surface area contributed by atoms with E-state index in [1.165, 1.54) is 12.1 Å². The molecule has 1 heterocycles. The van der Waals surface area contributed by atoms with Crippen molar-refractivity contribution in [2.45, 2.75) is 18.6 Å². The Labute approximate surface area is 177 Å². The number of rotatable bonds is 4. The van der Waals surface area contributed by atoms with Crippen molar-refractivity contribution in [2.24, 2.45) is 5.10 Å². The fourth-order valence-electron chi connectivity index (χ4n) is 3.45. The quantitative estimate of drug-likeness (QED) is 0.458. The van der Waals surface area contributed by atoms with Crippen LogP contribution in [0.25, 0.3) is 0 Å². The van der Waals surface area contributed by atoms with Gasteiger partial charge >= 0.3 is 6.18 Å². The van der Waals surface area contributed by atoms with E-state index < -0.39 is 11.7 Å². The van der Waals surface area contributed by atoms with Crippen LogP contribution in [0.5, 0.6) is 5.75 Å². The van der Waals surface area contributed by atoms with Crippen LogP contribution in [0.1, 0.15) is 29.2 Å². The number of anilines is 1. The van der Waals surface area contributed by atoms with E-state index in [-0.39, 0.29) is 6.04 Å². The van der Waals surface area contributed by atoms with Gasteiger partial charge in [0, 0.05) is 11.4 Å². The molecule has 0 fully saturated rings. The second kappa shape index (κ2) is 8.03. The average molecular weight is 431 g/mol. The summed E-state index contributed by atoms with van der Waals surface area (Å²) in [5.41, 5.74) is 2.66. The molecule has 1 unspecified atom stereocenters. The van der Waals surface area contributed by atoms with Crippen molar-refractivity contribution < 1.29 is 17.9 Å². The number of methoxy groups -OCH3 is 1. The zero-order valence-corrected chi connectivity index (χ0v) is 16.8. The minimum absolute atomic E-state index is 0.156. The van der Waals surface area contributed by atoms with Gasteiger partial charge in [0.2, 0.25) is 0 Å². The van der Waals surface area contributed by atoms with E-state index in [4.69, 9.17) is 21.4 Å². The maximum absolute atomic E-state index is 13.0. The summed E-state index contributed by atoms with van der Waals surface area (Å²) < 4.78 is 44.1. The van der Waals surface area contributed by atoms with Crippen LogP contribution in [0.4, 0.5) is 18.9 Å². The highest BCUT2D eigenvalue weighted by Gasteiger charge is 2.32. The molecule has 0 aromatic heterocycles. The Kier molecular flexibility index (Phi) is 5.43. The molecule has 0 aliphatic carbocycles. The fraction of sp³-hybridized carbons (Fsp3) is 0.174. The van der Waals surface area contributed by atoms with Gasteiger partial charge < -0.3 is 4.74 Å². The van der Waals surface area contributed by atoms with Crippen LogP contribution < -0.4 is 9.75 Å². The van der Waals surface area contributed by atoms with Crippen LogP contribution in [-0.2, 0) is 6.18 Å². The van der Waals surface area contributed by atoms with Crippen molar-refractivity contribution in [3.8, 4) is 5.75 Å². The topological polar surface area (TPSA) is 24.8 Å². The van der Waals surface area contributed by atoms with Gasteiger partial charge in [-0.1, -0.05) is 23.7 Å². The zero-order valence-electron chi connectivity index (χ0n) is 16.0. The third-order valence-corrected chi connectivity index (χ3v) is 5.30. The third kappa shape index (κ3) is 4.14. The number of benzene rings is 3. The minimum Gasteiger partial charge on any atom is -0.497 e. The summed E-state index contributed by atoms with van der Waals surface area (Å²) in [4.78, 5) is 0. The molecule has 0 saturated carbocycles. The first-order valence-electron chi connectivity index (χ1n) is 9.29. The molecule has 0 radical (unpaired) electrons. The molecule has 0 spiro atoms. The van der Waals surface area contributed by atoms with Gasteiger partial charge in [0.15, 0.2) is 0 Å². The SMILES string of the molecule is COc1ccc(C2=NN(c3ccc(C(F)(F)F)cc3)C(c3ccc(Cl)cc3)C2)cc1. The van der Waals surface area contributed by atoms with Gasteiger partial charge in [0.25, 0.3) is 0 Å². The monoisotopic (exact) mass is 430 g/mol. The molecule has 1 aliphatic rings. The highest BCUT2D eigenvalue weighted by atomic mass is 35.5. The molecule has 0 bridgehead atoms. The van der Waals surface area contributed by atoms with Crippen molar-refractivity contribution in [1.82, 2.24) is 0 Å². The van der Waals surface area contributed by atoms with E-state index >= 15 is 0 Å². The summed E-state index contributed by atoms with van der Waals surface area (Å²) in [6.45, 7) is 0. The number of ether oxygens (including phenoxy) is 1. The van der Waals surface area contributed by atoms with Crippen LogP contribution in [0.3, 0.4) is 0 Å². The maximum atomic E-state index is 13.0. The standard InChI is InChI=1S/C23H18ClF3N2O/c1-30-20-12-4-15(5-13-20)21-14-22(16-2-8-18(24)9-3-16)29(28-21)19-10-6-17(7-11-19)23(25,26)27/h2-13,22H,14H2,1H3. The first-order valence-corrected chi connectivity index (χ1v) is 9.67. The molecule has 0 N–H and O–H groups in total. The lowest BCUT2D eigenvalue weighted by atomic mass is 9.98. The lowest BCUT2D eigenvalue weighted by molar-refractivity contribution is -0.137. The Balaban J connectivity index is 1.71. The van der Waals surface area contributed by atoms with Crippen molar-refractivity contribution in [3.05, 3.63) is 94.5 Å². The highest BCUT2D eigenvalue weighted by Crippen LogP contribution is 2.38. The molecule has 3 aromatic rings. The van der Waals surface area contributed by atoms with Gasteiger partial charge in [-0.15, -0.1) is 0 Å². The second-order valence-corrected chi connectivity index (χ2v) is 7.37. The first kappa shape index (κ1) is 20.3. The van der Waals surface area contributed by atoms with Gasteiger partial charge in [-0.3, -0.25) is 5.01 Å². The number of hydrogen-bond acceptors (Lipinski definition) is 3. The number of alkyl halides is 3. The number of hydrogen-bond donors (Lipinski definition) is 0. The minimum atomic E-state index is -4.38. The molecule has 4 rings (SSSR count). The van der Waals surface area contributed by atoms with Crippen LogP contribution >= 0.6 is 11.6 Å². The molecule has 7 heteroatoms. The Morgan fingerprint density at radius 2 is 1.57 bits per heavy atom. The molecule has 3 aromatic carbocycles. The van der Waals surface area contributed by atoms with Gasteiger partial charge in [0.05, 0.1) is 30.1 Å². The molecular weight excluding hydrogens is 413 g/mol. The Morgan fingerprint density at radius 3 is 2.13 bits per heavy atom. The fourth-order valence-corrected chi connectivity index (χ4v) is 3.58. The Hall–Kier alpha value is -2.99. The van der Waals surface area contributed by atoms with E-state index in [2.05, 4.69) is 0 Å². The van der Waals surface area contributed by atoms with Crippen LogP contribution in [0.15, 0.2) is 77.9 Å². The summed E-state index contributed by atoms with van der Waals surface area (Å²) in [7, 11) is 1.60. The zero-order chi connectivity index (χ0) is 21.3. The molecule has 0 amide bonds. The lowest BCUT2D eigenvalue weighted by Crippen LogP contribution is -2.18. The third-order valence-electron chi connectivity index (χ3n) is 5.05. The van der Waals surface area contributed by atoms with E-state index in [0.29, 0.717) is 17.1 Å². The van der Waals surface area contributed by atoms with Gasteiger partial charge in [-0.25, -0.2) is 0 Å². The van der Waals surface area contributed by atoms with Crippen LogP contribution in [-0.4, -0.2) is 12.8 Å². The normalized spacial score (nSPS) is 16.5. The molecule has 1 aliphatic heterocycles. The Bertz CT molecular complexity index is 1050. The largest absolute Gasteiger partial charge is 0.497 e. The lowest BCUT2D eigenvalue weighted by Gasteiger charge is -2.24. The predicted molar refractivity (Wildman–Crippen MR) is 112 cm³/mol. The van der Waals surface area contributed by atoms with Crippen molar-refractivity contribution >= 4 is 23.0 Å². The molecule has 1 atom stereocenters. The smallest absolute Gasteiger partial charge is 0.416 e.